The first-order valence-corrected chi connectivity index (χ1v) is 11.0. The maximum absolute atomic E-state index is 12.7. The molecule has 0 aromatic heterocycles. The zero-order chi connectivity index (χ0) is 22.0. The van der Waals surface area contributed by atoms with E-state index in [9.17, 15) is 4.79 Å². The number of aliphatic imine (C=N–C) groups is 2. The van der Waals surface area contributed by atoms with Gasteiger partial charge in [0, 0.05) is 31.1 Å². The third kappa shape index (κ3) is 8.69. The highest BCUT2D eigenvalue weighted by Crippen LogP contribution is 2.22. The molecule has 0 aliphatic carbocycles. The van der Waals surface area contributed by atoms with Crippen molar-refractivity contribution in [1.29, 1.82) is 0 Å². The number of carbonyl (C=O) groups excluding carboxylic acids is 1. The second-order valence-corrected chi connectivity index (χ2v) is 9.44. The number of amides is 1. The molecule has 0 radical (unpaired) electrons. The van der Waals surface area contributed by atoms with E-state index in [1.807, 2.05) is 6.92 Å². The summed E-state index contributed by atoms with van der Waals surface area (Å²) < 4.78 is 0. The van der Waals surface area contributed by atoms with Crippen molar-refractivity contribution < 1.29 is 4.79 Å². The molecule has 0 unspecified atom stereocenters. The van der Waals surface area contributed by atoms with Crippen LogP contribution in [0.15, 0.2) is 21.3 Å². The first kappa shape index (κ1) is 25.3. The van der Waals surface area contributed by atoms with Crippen molar-refractivity contribution >= 4 is 18.0 Å². The quantitative estimate of drug-likeness (QED) is 0.350. The summed E-state index contributed by atoms with van der Waals surface area (Å²) >= 11 is 0. The van der Waals surface area contributed by atoms with Gasteiger partial charge in [0.25, 0.3) is 0 Å². The second kappa shape index (κ2) is 12.1. The number of allylic oxidation sites excluding steroid dienone is 1. The summed E-state index contributed by atoms with van der Waals surface area (Å²) in [4.78, 5) is 24.3. The average Bonchev–Trinajstić information content (AvgIpc) is 2.67. The molecule has 166 valence electrons. The minimum atomic E-state index is -0.183. The Balaban J connectivity index is 2.87. The molecule has 6 nitrogen and oxygen atoms in total. The summed E-state index contributed by atoms with van der Waals surface area (Å²) in [6, 6.07) is 0. The monoisotopic (exact) mass is 405 g/mol. The van der Waals surface area contributed by atoms with Crippen LogP contribution in [0.5, 0.6) is 0 Å². The maximum atomic E-state index is 12.7. The standard InChI is InChI=1S/C23H43N5O/c1-9-28-12-10-19(11-13-28)15-25-16-27-20(21(24-8)23(5,6)7)18(4)22(29)26-14-17(2)3/h16-17,19H,9-15H2,1-8H3,(H,25,27)(H,26,29)/b20-18-,24-21?. The first-order valence-electron chi connectivity index (χ1n) is 11.0. The molecule has 2 N–H and O–H groups in total. The lowest BCUT2D eigenvalue weighted by Gasteiger charge is -2.30. The van der Waals surface area contributed by atoms with Crippen LogP contribution < -0.4 is 10.6 Å². The van der Waals surface area contributed by atoms with E-state index < -0.39 is 0 Å². The lowest BCUT2D eigenvalue weighted by Crippen LogP contribution is -2.36. The Hall–Kier alpha value is -1.69. The van der Waals surface area contributed by atoms with Gasteiger partial charge in [0.15, 0.2) is 0 Å². The Morgan fingerprint density at radius 1 is 1.24 bits per heavy atom. The summed E-state index contributed by atoms with van der Waals surface area (Å²) in [6.07, 6.45) is 4.15. The van der Waals surface area contributed by atoms with Gasteiger partial charge >= 0.3 is 0 Å². The molecule has 1 heterocycles. The number of piperidine rings is 1. The van der Waals surface area contributed by atoms with Gasteiger partial charge < -0.3 is 15.5 Å². The fourth-order valence-corrected chi connectivity index (χ4v) is 3.52. The normalized spacial score (nSPS) is 18.3. The highest BCUT2D eigenvalue weighted by molar-refractivity contribution is 6.10. The van der Waals surface area contributed by atoms with Gasteiger partial charge in [0.2, 0.25) is 5.91 Å². The molecule has 1 saturated heterocycles. The van der Waals surface area contributed by atoms with Crippen LogP contribution in [-0.4, -0.2) is 62.6 Å². The van der Waals surface area contributed by atoms with Gasteiger partial charge in [-0.05, 0) is 51.2 Å². The van der Waals surface area contributed by atoms with E-state index in [-0.39, 0.29) is 11.3 Å². The SMILES string of the molecule is CCN1CCC(CN=CN/C(C(=NC)C(C)(C)C)=C(/C)C(=O)NCC(C)C)CC1. The fraction of sp³-hybridized carbons (Fsp3) is 0.783. The van der Waals surface area contributed by atoms with Crippen molar-refractivity contribution in [3.63, 3.8) is 0 Å². The Morgan fingerprint density at radius 2 is 1.86 bits per heavy atom. The molecule has 6 heteroatoms. The van der Waals surface area contributed by atoms with Crippen LogP contribution in [0, 0.1) is 17.3 Å². The Bertz CT molecular complexity index is 605. The van der Waals surface area contributed by atoms with Gasteiger partial charge in [-0.25, -0.2) is 0 Å². The van der Waals surface area contributed by atoms with Crippen LogP contribution in [0.3, 0.4) is 0 Å². The molecule has 0 aromatic rings. The topological polar surface area (TPSA) is 69.1 Å². The summed E-state index contributed by atoms with van der Waals surface area (Å²) in [7, 11) is 1.78. The molecular formula is C23H43N5O. The second-order valence-electron chi connectivity index (χ2n) is 9.44. The van der Waals surface area contributed by atoms with Crippen LogP contribution in [0.2, 0.25) is 0 Å². The number of hydrogen-bond donors (Lipinski definition) is 2. The number of likely N-dealkylation sites (tertiary alicyclic amines) is 1. The molecule has 1 aliphatic heterocycles. The van der Waals surface area contributed by atoms with Crippen LogP contribution in [-0.2, 0) is 4.79 Å². The summed E-state index contributed by atoms with van der Waals surface area (Å²) in [5.74, 6) is 0.985. The molecule has 29 heavy (non-hydrogen) atoms. The molecule has 0 saturated carbocycles. The molecule has 1 aliphatic rings. The fourth-order valence-electron chi connectivity index (χ4n) is 3.52. The van der Waals surface area contributed by atoms with Crippen molar-refractivity contribution in [2.75, 3.05) is 39.8 Å². The lowest BCUT2D eigenvalue weighted by atomic mass is 9.86. The Morgan fingerprint density at radius 3 is 2.34 bits per heavy atom. The third-order valence-corrected chi connectivity index (χ3v) is 5.38. The summed E-state index contributed by atoms with van der Waals surface area (Å²) in [5.41, 5.74) is 2.09. The van der Waals surface area contributed by atoms with E-state index in [0.29, 0.717) is 24.0 Å². The van der Waals surface area contributed by atoms with Crippen molar-refractivity contribution in [3.05, 3.63) is 11.3 Å². The van der Waals surface area contributed by atoms with Gasteiger partial charge in [-0.15, -0.1) is 0 Å². The predicted octanol–water partition coefficient (Wildman–Crippen LogP) is 3.50. The minimum absolute atomic E-state index is 0.0630. The summed E-state index contributed by atoms with van der Waals surface area (Å²) in [6.45, 7) is 19.5. The molecule has 1 rings (SSSR count). The van der Waals surface area contributed by atoms with Gasteiger partial charge in [-0.2, -0.15) is 0 Å². The van der Waals surface area contributed by atoms with Crippen molar-refractivity contribution in [2.24, 2.45) is 27.2 Å². The zero-order valence-electron chi connectivity index (χ0n) is 19.9. The first-order chi connectivity index (χ1) is 13.6. The zero-order valence-corrected chi connectivity index (χ0v) is 19.9. The van der Waals surface area contributed by atoms with Crippen LogP contribution >= 0.6 is 0 Å². The van der Waals surface area contributed by atoms with Crippen LogP contribution in [0.25, 0.3) is 0 Å². The highest BCUT2D eigenvalue weighted by Gasteiger charge is 2.25. The number of hydrogen-bond acceptors (Lipinski definition) is 4. The van der Waals surface area contributed by atoms with E-state index in [4.69, 9.17) is 0 Å². The van der Waals surface area contributed by atoms with Crippen LogP contribution in [0.4, 0.5) is 0 Å². The predicted molar refractivity (Wildman–Crippen MR) is 125 cm³/mol. The molecule has 1 amide bonds. The molecule has 0 bridgehead atoms. The molecule has 0 atom stereocenters. The van der Waals surface area contributed by atoms with E-state index >= 15 is 0 Å². The average molecular weight is 406 g/mol. The van der Waals surface area contributed by atoms with E-state index in [0.717, 1.165) is 24.5 Å². The number of nitrogens with one attached hydrogen (secondary N) is 2. The van der Waals surface area contributed by atoms with Crippen LogP contribution in [0.1, 0.15) is 61.3 Å². The number of carbonyl (C=O) groups is 1. The Kier molecular flexibility index (Phi) is 10.6. The van der Waals surface area contributed by atoms with E-state index in [1.165, 1.54) is 25.9 Å². The van der Waals surface area contributed by atoms with Crippen molar-refractivity contribution in [3.8, 4) is 0 Å². The minimum Gasteiger partial charge on any atom is -0.352 e. The van der Waals surface area contributed by atoms with Gasteiger partial charge in [0.1, 0.15) is 0 Å². The van der Waals surface area contributed by atoms with Gasteiger partial charge in [-0.3, -0.25) is 14.8 Å². The van der Waals surface area contributed by atoms with Crippen molar-refractivity contribution in [1.82, 2.24) is 15.5 Å². The number of rotatable bonds is 9. The molecule has 1 fully saturated rings. The maximum Gasteiger partial charge on any atom is 0.249 e. The molecule has 0 spiro atoms. The number of nitrogens with zero attached hydrogens (tertiary/aromatic N) is 3. The largest absolute Gasteiger partial charge is 0.352 e. The van der Waals surface area contributed by atoms with Crippen molar-refractivity contribution in [2.45, 2.75) is 61.3 Å². The third-order valence-electron chi connectivity index (χ3n) is 5.38. The van der Waals surface area contributed by atoms with E-state index in [2.05, 4.69) is 67.1 Å². The molecule has 0 aromatic carbocycles. The lowest BCUT2D eigenvalue weighted by molar-refractivity contribution is -0.117. The summed E-state index contributed by atoms with van der Waals surface area (Å²) in [5, 5.41) is 6.29. The van der Waals surface area contributed by atoms with E-state index in [1.54, 1.807) is 13.4 Å². The van der Waals surface area contributed by atoms with Gasteiger partial charge in [0.05, 0.1) is 17.7 Å². The van der Waals surface area contributed by atoms with Gasteiger partial charge in [-0.1, -0.05) is 41.5 Å². The smallest absolute Gasteiger partial charge is 0.249 e. The highest BCUT2D eigenvalue weighted by atomic mass is 16.1. The Labute approximate surface area is 178 Å². The molecular weight excluding hydrogens is 362 g/mol.